The summed E-state index contributed by atoms with van der Waals surface area (Å²) in [5, 5.41) is 42.8. The van der Waals surface area contributed by atoms with Crippen molar-refractivity contribution in [1.82, 2.24) is 0 Å². The maximum absolute atomic E-state index is 12.8. The molecule has 0 amide bonds. The van der Waals surface area contributed by atoms with Gasteiger partial charge in [0.05, 0.1) is 24.2 Å². The monoisotopic (exact) mass is 488 g/mol. The third-order valence-corrected chi connectivity index (χ3v) is 13.2. The Morgan fingerprint density at radius 1 is 0.943 bits per heavy atom. The number of fused-ring (bicyclic) bond motifs is 7. The molecular weight excluding hydrogens is 440 g/mol. The van der Waals surface area contributed by atoms with Gasteiger partial charge in [0.25, 0.3) is 0 Å². The highest BCUT2D eigenvalue weighted by Gasteiger charge is 2.70. The van der Waals surface area contributed by atoms with Gasteiger partial charge < -0.3 is 20.4 Å². The summed E-state index contributed by atoms with van der Waals surface area (Å²) in [5.74, 6) is -0.0472. The smallest absolute Gasteiger partial charge is 0.310 e. The Morgan fingerprint density at radius 2 is 1.60 bits per heavy atom. The summed E-state index contributed by atoms with van der Waals surface area (Å²) < 4.78 is 0. The molecule has 3 unspecified atom stereocenters. The van der Waals surface area contributed by atoms with Gasteiger partial charge in [0.15, 0.2) is 0 Å². The molecule has 198 valence electrons. The van der Waals surface area contributed by atoms with Crippen LogP contribution in [0.5, 0.6) is 0 Å². The van der Waals surface area contributed by atoms with E-state index in [0.29, 0.717) is 12.3 Å². The topological polar surface area (TPSA) is 98.0 Å². The van der Waals surface area contributed by atoms with Crippen molar-refractivity contribution in [2.45, 2.75) is 112 Å². The number of hydrogen-bond donors (Lipinski definition) is 4. The first kappa shape index (κ1) is 25.7. The third-order valence-electron chi connectivity index (χ3n) is 13.2. The van der Waals surface area contributed by atoms with Crippen LogP contribution < -0.4 is 0 Å². The van der Waals surface area contributed by atoms with Crippen LogP contribution in [0, 0.1) is 50.2 Å². The molecule has 0 heterocycles. The van der Waals surface area contributed by atoms with Crippen LogP contribution in [0.3, 0.4) is 0 Å². The molecular formula is C30H48O5. The summed E-state index contributed by atoms with van der Waals surface area (Å²) in [6.45, 7) is 13.6. The maximum atomic E-state index is 12.8. The molecule has 0 spiro atoms. The molecule has 5 aliphatic carbocycles. The van der Waals surface area contributed by atoms with E-state index in [4.69, 9.17) is 0 Å². The molecule has 5 aliphatic rings. The number of hydrogen-bond acceptors (Lipinski definition) is 4. The Balaban J connectivity index is 1.61. The van der Waals surface area contributed by atoms with Crippen molar-refractivity contribution in [1.29, 1.82) is 0 Å². The van der Waals surface area contributed by atoms with E-state index in [1.54, 1.807) is 0 Å². The van der Waals surface area contributed by atoms with Gasteiger partial charge in [0.1, 0.15) is 0 Å². The lowest BCUT2D eigenvalue weighted by atomic mass is 9.33. The number of allylic oxidation sites excluding steroid dienone is 2. The lowest BCUT2D eigenvalue weighted by Crippen LogP contribution is -2.68. The zero-order valence-corrected chi connectivity index (χ0v) is 22.7. The van der Waals surface area contributed by atoms with E-state index in [1.807, 2.05) is 6.92 Å². The van der Waals surface area contributed by atoms with Gasteiger partial charge in [-0.1, -0.05) is 53.2 Å². The molecule has 5 nitrogen and oxygen atoms in total. The number of carboxylic acid groups (broad SMARTS) is 1. The molecule has 5 rings (SSSR count). The minimum absolute atomic E-state index is 0.00698. The Morgan fingerprint density at radius 3 is 2.23 bits per heavy atom. The van der Waals surface area contributed by atoms with Gasteiger partial charge in [-0.3, -0.25) is 4.79 Å². The number of carbonyl (C=O) groups is 1. The minimum atomic E-state index is -0.907. The summed E-state index contributed by atoms with van der Waals surface area (Å²) in [6, 6.07) is 0. The average molecular weight is 489 g/mol. The molecule has 4 fully saturated rings. The number of aliphatic hydroxyl groups excluding tert-OH is 3. The van der Waals surface area contributed by atoms with E-state index in [0.717, 1.165) is 51.4 Å². The van der Waals surface area contributed by atoms with Crippen LogP contribution in [0.1, 0.15) is 99.3 Å². The lowest BCUT2D eigenvalue weighted by Gasteiger charge is -2.71. The molecule has 4 saturated carbocycles. The van der Waals surface area contributed by atoms with Gasteiger partial charge in [0, 0.05) is 5.41 Å². The van der Waals surface area contributed by atoms with E-state index in [2.05, 4.69) is 40.7 Å². The summed E-state index contributed by atoms with van der Waals surface area (Å²) >= 11 is 0. The fourth-order valence-corrected chi connectivity index (χ4v) is 10.8. The molecule has 4 N–H and O–H groups in total. The van der Waals surface area contributed by atoms with Crippen LogP contribution in [0.15, 0.2) is 11.6 Å². The molecule has 0 radical (unpaired) electrons. The number of aliphatic hydroxyl groups is 3. The van der Waals surface area contributed by atoms with E-state index in [9.17, 15) is 25.2 Å². The molecule has 10 atom stereocenters. The van der Waals surface area contributed by atoms with Crippen molar-refractivity contribution < 1.29 is 25.2 Å². The fraction of sp³-hybridized carbons (Fsp3) is 0.900. The number of rotatable bonds is 2. The highest BCUT2D eigenvalue weighted by molar-refractivity contribution is 5.76. The van der Waals surface area contributed by atoms with Crippen molar-refractivity contribution in [3.8, 4) is 0 Å². The van der Waals surface area contributed by atoms with E-state index >= 15 is 0 Å². The van der Waals surface area contributed by atoms with E-state index < -0.39 is 29.0 Å². The second kappa shape index (κ2) is 7.57. The van der Waals surface area contributed by atoms with Crippen molar-refractivity contribution >= 4 is 5.97 Å². The van der Waals surface area contributed by atoms with Gasteiger partial charge in [0.2, 0.25) is 0 Å². The highest BCUT2D eigenvalue weighted by atomic mass is 16.4. The summed E-state index contributed by atoms with van der Waals surface area (Å²) in [4.78, 5) is 12.8. The first-order chi connectivity index (χ1) is 16.1. The Kier molecular flexibility index (Phi) is 5.56. The third kappa shape index (κ3) is 3.07. The quantitative estimate of drug-likeness (QED) is 0.402. The van der Waals surface area contributed by atoms with Crippen LogP contribution >= 0.6 is 0 Å². The van der Waals surface area contributed by atoms with Crippen LogP contribution in [0.4, 0.5) is 0 Å². The molecule has 35 heavy (non-hydrogen) atoms. The summed E-state index contributed by atoms with van der Waals surface area (Å²) in [7, 11) is 0. The Bertz CT molecular complexity index is 941. The molecule has 0 aromatic heterocycles. The molecule has 5 heteroatoms. The second-order valence-corrected chi connectivity index (χ2v) is 15.1. The zero-order valence-electron chi connectivity index (χ0n) is 22.7. The molecule has 0 saturated heterocycles. The predicted octanol–water partition coefficient (Wildman–Crippen LogP) is 5.18. The second-order valence-electron chi connectivity index (χ2n) is 15.1. The maximum Gasteiger partial charge on any atom is 0.310 e. The average Bonchev–Trinajstić information content (AvgIpc) is 2.77. The van der Waals surface area contributed by atoms with E-state index in [-0.39, 0.29) is 40.1 Å². The van der Waals surface area contributed by atoms with Gasteiger partial charge in [-0.15, -0.1) is 0 Å². The van der Waals surface area contributed by atoms with Crippen molar-refractivity contribution in [2.24, 2.45) is 50.2 Å². The SMILES string of the molecule is CC1(C)CC[C@]2(C(=O)O)CC[C@]3(C)C(=CCC4[C@@]5(C)C[C@H](O)[C@H](O)[C@@](C)(CO)C5CC[C@]43C)C2C1. The minimum Gasteiger partial charge on any atom is -0.481 e. The van der Waals surface area contributed by atoms with Crippen LogP contribution in [-0.4, -0.2) is 45.2 Å². The van der Waals surface area contributed by atoms with Gasteiger partial charge in [-0.05, 0) is 97.2 Å². The zero-order chi connectivity index (χ0) is 25.8. The van der Waals surface area contributed by atoms with Crippen molar-refractivity contribution in [2.75, 3.05) is 6.61 Å². The molecule has 0 aromatic rings. The first-order valence-electron chi connectivity index (χ1n) is 14.0. The highest BCUT2D eigenvalue weighted by Crippen LogP contribution is 2.75. The molecule has 0 bridgehead atoms. The fourth-order valence-electron chi connectivity index (χ4n) is 10.8. The molecule has 0 aliphatic heterocycles. The van der Waals surface area contributed by atoms with Crippen molar-refractivity contribution in [3.05, 3.63) is 11.6 Å². The lowest BCUT2D eigenvalue weighted by molar-refractivity contribution is -0.243. The largest absolute Gasteiger partial charge is 0.481 e. The van der Waals surface area contributed by atoms with Crippen molar-refractivity contribution in [3.63, 3.8) is 0 Å². The Labute approximate surface area is 211 Å². The van der Waals surface area contributed by atoms with Crippen LogP contribution in [0.25, 0.3) is 0 Å². The molecule has 0 aromatic carbocycles. The first-order valence-corrected chi connectivity index (χ1v) is 14.0. The number of carboxylic acids is 1. The van der Waals surface area contributed by atoms with E-state index in [1.165, 1.54) is 5.57 Å². The Hall–Kier alpha value is -0.910. The summed E-state index contributed by atoms with van der Waals surface area (Å²) in [6.07, 6.45) is 8.40. The summed E-state index contributed by atoms with van der Waals surface area (Å²) in [5.41, 5.74) is -0.0632. The normalized spacial score (nSPS) is 55.0. The number of aliphatic carboxylic acids is 1. The van der Waals surface area contributed by atoms with Gasteiger partial charge >= 0.3 is 5.97 Å². The predicted molar refractivity (Wildman–Crippen MR) is 135 cm³/mol. The van der Waals surface area contributed by atoms with Gasteiger partial charge in [-0.2, -0.15) is 0 Å². The standard InChI is InChI=1S/C30H48O5/c1-25(2)11-13-30(24(34)35)14-12-28(5)18(19(30)15-25)7-8-22-26(3)16-20(32)23(33)27(4,17-31)21(26)9-10-29(22,28)6/h7,19-23,31-33H,8-17H2,1-6H3,(H,34,35)/t19?,20-,21?,22?,23-,26-,27-,28+,29+,30-/m0/s1. The van der Waals surface area contributed by atoms with Crippen LogP contribution in [-0.2, 0) is 4.79 Å². The van der Waals surface area contributed by atoms with Gasteiger partial charge in [-0.25, -0.2) is 0 Å². The van der Waals surface area contributed by atoms with Crippen LogP contribution in [0.2, 0.25) is 0 Å².